The van der Waals surface area contributed by atoms with Crippen LogP contribution in [0.5, 0.6) is 0 Å². The zero-order chi connectivity index (χ0) is 23.8. The largest absolute Gasteiger partial charge is 0.342 e. The fourth-order valence-electron chi connectivity index (χ4n) is 5.16. The number of nitrogens with one attached hydrogen (secondary N) is 1. The third-order valence-electron chi connectivity index (χ3n) is 7.06. The van der Waals surface area contributed by atoms with Crippen molar-refractivity contribution in [3.63, 3.8) is 0 Å². The van der Waals surface area contributed by atoms with Gasteiger partial charge in [-0.15, -0.1) is 5.10 Å². The first-order chi connectivity index (χ1) is 17.2. The number of piperidine rings is 1. The zero-order valence-corrected chi connectivity index (χ0v) is 19.4. The van der Waals surface area contributed by atoms with E-state index >= 15 is 0 Å². The molecular formula is C26H27N7O2. The highest BCUT2D eigenvalue weighted by molar-refractivity contribution is 5.95. The monoisotopic (exact) mass is 469 g/mol. The highest BCUT2D eigenvalue weighted by Gasteiger charge is 2.32. The van der Waals surface area contributed by atoms with Crippen LogP contribution in [0.25, 0.3) is 28.0 Å². The van der Waals surface area contributed by atoms with E-state index in [1.165, 1.54) is 0 Å². The molecule has 2 amide bonds. The number of hydrogen-bond donors (Lipinski definition) is 1. The molecule has 2 aliphatic rings. The first-order valence-corrected chi connectivity index (χ1v) is 12.2. The van der Waals surface area contributed by atoms with Crippen LogP contribution < -0.4 is 0 Å². The van der Waals surface area contributed by atoms with Crippen molar-refractivity contribution in [1.29, 1.82) is 0 Å². The first kappa shape index (κ1) is 21.5. The van der Waals surface area contributed by atoms with Crippen molar-refractivity contribution in [2.75, 3.05) is 26.2 Å². The van der Waals surface area contributed by atoms with Crippen LogP contribution in [0.2, 0.25) is 0 Å². The number of fused-ring (bicyclic) bond motifs is 1. The molecule has 9 nitrogen and oxygen atoms in total. The molecule has 6 rings (SSSR count). The Kier molecular flexibility index (Phi) is 5.52. The minimum Gasteiger partial charge on any atom is -0.342 e. The van der Waals surface area contributed by atoms with E-state index in [9.17, 15) is 9.59 Å². The number of benzene rings is 2. The van der Waals surface area contributed by atoms with Crippen LogP contribution in [0, 0.1) is 5.92 Å². The number of nitrogens with zero attached hydrogens (tertiary/aromatic N) is 6. The average Bonchev–Trinajstić information content (AvgIpc) is 3.69. The van der Waals surface area contributed by atoms with Crippen LogP contribution in [0.4, 0.5) is 0 Å². The Balaban J connectivity index is 1.16. The smallest absolute Gasteiger partial charge is 0.253 e. The van der Waals surface area contributed by atoms with Crippen LogP contribution in [0.15, 0.2) is 54.7 Å². The van der Waals surface area contributed by atoms with E-state index in [0.717, 1.165) is 61.1 Å². The Morgan fingerprint density at radius 2 is 1.69 bits per heavy atom. The van der Waals surface area contributed by atoms with E-state index in [-0.39, 0.29) is 17.7 Å². The molecule has 2 saturated heterocycles. The quantitative estimate of drug-likeness (QED) is 0.494. The van der Waals surface area contributed by atoms with Gasteiger partial charge < -0.3 is 9.80 Å². The fraction of sp³-hybridized carbons (Fsp3) is 0.346. The van der Waals surface area contributed by atoms with Gasteiger partial charge in [0.05, 0.1) is 23.3 Å². The Morgan fingerprint density at radius 3 is 2.51 bits per heavy atom. The second-order valence-electron chi connectivity index (χ2n) is 9.34. The van der Waals surface area contributed by atoms with Gasteiger partial charge in [0.25, 0.3) is 5.91 Å². The van der Waals surface area contributed by atoms with E-state index in [1.54, 1.807) is 4.68 Å². The van der Waals surface area contributed by atoms with Gasteiger partial charge in [-0.1, -0.05) is 23.4 Å². The molecule has 4 aromatic rings. The number of carbonyl (C=O) groups is 2. The van der Waals surface area contributed by atoms with E-state index in [4.69, 9.17) is 0 Å². The summed E-state index contributed by atoms with van der Waals surface area (Å²) in [4.78, 5) is 29.8. The van der Waals surface area contributed by atoms with Crippen molar-refractivity contribution in [2.45, 2.75) is 25.7 Å². The zero-order valence-electron chi connectivity index (χ0n) is 19.4. The molecule has 2 aromatic carbocycles. The van der Waals surface area contributed by atoms with Gasteiger partial charge in [-0.3, -0.25) is 14.7 Å². The topological polar surface area (TPSA) is 100 Å². The lowest BCUT2D eigenvalue weighted by Gasteiger charge is -2.34. The number of para-hydroxylation sites is 1. The highest BCUT2D eigenvalue weighted by atomic mass is 16.2. The SMILES string of the molecule is O=C(c1ccc(-n2cc(-c3n[nH]c4ccccc34)nn2)cc1)N1CCCC(C(=O)N2CCCC2)C1. The maximum Gasteiger partial charge on any atom is 0.253 e. The molecule has 1 atom stereocenters. The van der Waals surface area contributed by atoms with Crippen LogP contribution in [-0.4, -0.2) is 73.0 Å². The molecule has 0 aliphatic carbocycles. The molecule has 0 bridgehead atoms. The van der Waals surface area contributed by atoms with Crippen LogP contribution in [0.3, 0.4) is 0 Å². The molecule has 178 valence electrons. The predicted molar refractivity (Wildman–Crippen MR) is 131 cm³/mol. The molecule has 0 spiro atoms. The van der Waals surface area contributed by atoms with Crippen LogP contribution in [0.1, 0.15) is 36.0 Å². The molecule has 1 unspecified atom stereocenters. The molecule has 2 aromatic heterocycles. The van der Waals surface area contributed by atoms with Gasteiger partial charge in [-0.25, -0.2) is 4.68 Å². The molecule has 9 heteroatoms. The van der Waals surface area contributed by atoms with Crippen molar-refractivity contribution in [3.8, 4) is 17.1 Å². The number of aromatic nitrogens is 5. The third-order valence-corrected chi connectivity index (χ3v) is 7.06. The maximum absolute atomic E-state index is 13.2. The summed E-state index contributed by atoms with van der Waals surface area (Å²) in [6, 6.07) is 15.3. The number of aromatic amines is 1. The van der Waals surface area contributed by atoms with E-state index in [0.29, 0.717) is 24.3 Å². The van der Waals surface area contributed by atoms with Crippen LogP contribution >= 0.6 is 0 Å². The van der Waals surface area contributed by atoms with Crippen molar-refractivity contribution in [2.24, 2.45) is 5.92 Å². The van der Waals surface area contributed by atoms with E-state index in [2.05, 4.69) is 20.5 Å². The minimum absolute atomic E-state index is 0.0299. The van der Waals surface area contributed by atoms with E-state index < -0.39 is 0 Å². The summed E-state index contributed by atoms with van der Waals surface area (Å²) >= 11 is 0. The van der Waals surface area contributed by atoms with Gasteiger partial charge in [-0.05, 0) is 56.0 Å². The third kappa shape index (κ3) is 4.07. The van der Waals surface area contributed by atoms with Crippen molar-refractivity contribution >= 4 is 22.7 Å². The van der Waals surface area contributed by atoms with Gasteiger partial charge in [0.15, 0.2) is 0 Å². The summed E-state index contributed by atoms with van der Waals surface area (Å²) in [5.74, 6) is 0.0940. The fourth-order valence-corrected chi connectivity index (χ4v) is 5.16. The number of carbonyl (C=O) groups excluding carboxylic acids is 2. The average molecular weight is 470 g/mol. The minimum atomic E-state index is -0.0863. The maximum atomic E-state index is 13.2. The highest BCUT2D eigenvalue weighted by Crippen LogP contribution is 2.25. The molecule has 0 radical (unpaired) electrons. The lowest BCUT2D eigenvalue weighted by molar-refractivity contribution is -0.135. The van der Waals surface area contributed by atoms with Crippen molar-refractivity contribution in [3.05, 3.63) is 60.3 Å². The molecule has 0 saturated carbocycles. The number of likely N-dealkylation sites (tertiary alicyclic amines) is 2. The molecule has 35 heavy (non-hydrogen) atoms. The summed E-state index contributed by atoms with van der Waals surface area (Å²) in [6.07, 6.45) is 5.71. The molecule has 4 heterocycles. The summed E-state index contributed by atoms with van der Waals surface area (Å²) in [5.41, 5.74) is 3.79. The summed E-state index contributed by atoms with van der Waals surface area (Å²) in [6.45, 7) is 2.89. The van der Waals surface area contributed by atoms with Gasteiger partial charge in [0.1, 0.15) is 11.4 Å². The molecular weight excluding hydrogens is 442 g/mol. The Hall–Kier alpha value is -4.01. The normalized spacial score (nSPS) is 18.3. The van der Waals surface area contributed by atoms with Crippen molar-refractivity contribution in [1.82, 2.24) is 35.0 Å². The number of H-pyrrole nitrogens is 1. The Labute approximate surface area is 202 Å². The van der Waals surface area contributed by atoms with Crippen LogP contribution in [-0.2, 0) is 4.79 Å². The summed E-state index contributed by atoms with van der Waals surface area (Å²) in [5, 5.41) is 16.9. The van der Waals surface area contributed by atoms with Gasteiger partial charge in [0, 0.05) is 37.1 Å². The summed E-state index contributed by atoms with van der Waals surface area (Å²) in [7, 11) is 0. The Morgan fingerprint density at radius 1 is 0.914 bits per heavy atom. The number of hydrogen-bond acceptors (Lipinski definition) is 5. The van der Waals surface area contributed by atoms with Crippen molar-refractivity contribution < 1.29 is 9.59 Å². The van der Waals surface area contributed by atoms with Gasteiger partial charge in [0.2, 0.25) is 5.91 Å². The van der Waals surface area contributed by atoms with Gasteiger partial charge >= 0.3 is 0 Å². The Bertz CT molecular complexity index is 1370. The molecule has 2 aliphatic heterocycles. The standard InChI is InChI=1S/C26H27N7O2/c34-25(32-15-5-6-19(16-32)26(35)31-13-3-4-14-31)18-9-11-20(12-10-18)33-17-23(28-30-33)24-21-7-1-2-8-22(21)27-29-24/h1-2,7-12,17,19H,3-6,13-16H2,(H,27,29). The summed E-state index contributed by atoms with van der Waals surface area (Å²) < 4.78 is 1.68. The lowest BCUT2D eigenvalue weighted by atomic mass is 9.96. The second kappa shape index (κ2) is 8.98. The molecule has 2 fully saturated rings. The first-order valence-electron chi connectivity index (χ1n) is 12.2. The predicted octanol–water partition coefficient (Wildman–Crippen LogP) is 3.29. The van der Waals surface area contributed by atoms with E-state index in [1.807, 2.05) is 64.5 Å². The number of amides is 2. The lowest BCUT2D eigenvalue weighted by Crippen LogP contribution is -2.46. The molecule has 1 N–H and O–H groups in total. The van der Waals surface area contributed by atoms with Gasteiger partial charge in [-0.2, -0.15) is 5.10 Å². The number of rotatable bonds is 4. The second-order valence-corrected chi connectivity index (χ2v) is 9.34.